The van der Waals surface area contributed by atoms with Gasteiger partial charge in [-0.15, -0.1) is 0 Å². The van der Waals surface area contributed by atoms with Crippen molar-refractivity contribution in [2.75, 3.05) is 16.4 Å². The van der Waals surface area contributed by atoms with E-state index in [9.17, 15) is 0 Å². The lowest BCUT2D eigenvalue weighted by Gasteiger charge is -2.36. The van der Waals surface area contributed by atoms with Crippen molar-refractivity contribution < 1.29 is 4.74 Å². The largest absolute Gasteiger partial charge is 0.493 e. The highest BCUT2D eigenvalue weighted by Crippen LogP contribution is 2.59. The summed E-state index contributed by atoms with van der Waals surface area (Å²) in [5.41, 5.74) is 34.1. The van der Waals surface area contributed by atoms with Crippen LogP contribution in [0.3, 0.4) is 0 Å². The zero-order chi connectivity index (χ0) is 76.0. The van der Waals surface area contributed by atoms with Crippen LogP contribution >= 0.6 is 0 Å². The van der Waals surface area contributed by atoms with Gasteiger partial charge in [-0.05, 0) is 264 Å². The van der Waals surface area contributed by atoms with Crippen molar-refractivity contribution in [2.24, 2.45) is 0 Å². The van der Waals surface area contributed by atoms with E-state index in [0.29, 0.717) is 12.5 Å². The number of unbranched alkanes of at least 4 members (excludes halogenated alkanes) is 7. The first-order chi connectivity index (χ1) is 52.8. The molecule has 3 nitrogen and oxygen atoms in total. The van der Waals surface area contributed by atoms with Crippen LogP contribution in [0.4, 0.5) is 34.1 Å². The van der Waals surface area contributed by atoms with Crippen molar-refractivity contribution in [3.8, 4) is 72.5 Å². The molecule has 0 heterocycles. The third-order valence-corrected chi connectivity index (χ3v) is 23.1. The summed E-state index contributed by atoms with van der Waals surface area (Å²) in [5.74, 6) is 1.43. The quantitative estimate of drug-likeness (QED) is 0.0503. The zero-order valence-corrected chi connectivity index (χ0v) is 66.4. The molecule has 3 heteroatoms. The van der Waals surface area contributed by atoms with Crippen molar-refractivity contribution in [3.63, 3.8) is 0 Å². The summed E-state index contributed by atoms with van der Waals surface area (Å²) >= 11 is 0. The Kier molecular flexibility index (Phi) is 22.3. The Morgan fingerprint density at radius 3 is 1.09 bits per heavy atom. The Morgan fingerprint density at radius 2 is 0.716 bits per heavy atom. The average Bonchev–Trinajstić information content (AvgIpc) is 1.53. The summed E-state index contributed by atoms with van der Waals surface area (Å²) in [6, 6.07) is 110. The maximum atomic E-state index is 6.75. The second-order valence-corrected chi connectivity index (χ2v) is 32.7. The predicted molar refractivity (Wildman–Crippen MR) is 469 cm³/mol. The number of anilines is 6. The van der Waals surface area contributed by atoms with Gasteiger partial charge in [0.15, 0.2) is 0 Å². The van der Waals surface area contributed by atoms with Gasteiger partial charge < -0.3 is 14.5 Å². The van der Waals surface area contributed by atoms with E-state index in [1.165, 1.54) is 140 Å². The van der Waals surface area contributed by atoms with Crippen LogP contribution in [0.5, 0.6) is 5.75 Å². The van der Waals surface area contributed by atoms with E-state index in [1.54, 1.807) is 0 Å². The minimum absolute atomic E-state index is 0.0819. The van der Waals surface area contributed by atoms with Gasteiger partial charge in [0, 0.05) is 34.1 Å². The summed E-state index contributed by atoms with van der Waals surface area (Å²) in [4.78, 5) is 4.79. The Morgan fingerprint density at radius 1 is 0.358 bits per heavy atom. The molecule has 0 bridgehead atoms. The lowest BCUT2D eigenvalue weighted by atomic mass is 9.65. The fraction of sp³-hybridized carbons (Fsp3) is 0.245. The zero-order valence-electron chi connectivity index (χ0n) is 66.4. The van der Waals surface area contributed by atoms with E-state index in [4.69, 9.17) is 4.74 Å². The van der Waals surface area contributed by atoms with Crippen molar-refractivity contribution in [2.45, 2.75) is 163 Å². The minimum Gasteiger partial charge on any atom is -0.493 e. The molecule has 0 saturated heterocycles. The van der Waals surface area contributed by atoms with Crippen molar-refractivity contribution >= 4 is 40.2 Å². The molecule has 0 N–H and O–H groups in total. The maximum absolute atomic E-state index is 6.75. The summed E-state index contributed by atoms with van der Waals surface area (Å²) in [5, 5.41) is 0. The van der Waals surface area contributed by atoms with Gasteiger partial charge in [0.25, 0.3) is 0 Å². The number of rotatable bonds is 26. The molecule has 14 rings (SSSR count). The van der Waals surface area contributed by atoms with Crippen LogP contribution in [-0.4, -0.2) is 6.61 Å². The van der Waals surface area contributed by atoms with Crippen LogP contribution in [0.2, 0.25) is 0 Å². The highest BCUT2D eigenvalue weighted by Gasteiger charge is 2.48. The maximum Gasteiger partial charge on any atom is 0.122 e. The molecule has 0 spiro atoms. The van der Waals surface area contributed by atoms with E-state index in [2.05, 4.69) is 391 Å². The van der Waals surface area contributed by atoms with E-state index in [1.807, 2.05) is 6.08 Å². The summed E-state index contributed by atoms with van der Waals surface area (Å²) < 4.78 is 6.75. The summed E-state index contributed by atoms with van der Waals surface area (Å²) in [7, 11) is 0. The topological polar surface area (TPSA) is 15.7 Å². The SMILES string of the molecule is C=Cc1ccc(-c2ccc(N(c3ccc(-c4ccc(C(C)(C)C)cc4)cc3)c3ccc(-c4ccc5c(c4)C(c4ccc(OCCCCCCCCCC)c(C)c4)(c4cc(C)ccc4C)c4cc(-c6ccc(N(c7ccc(-c8ccc(C(C)(C)C)cc8)cc7)c7ccc(C(C)CC)cc7)cc6)ccc4-5)cc3)cc2)cc1. The van der Waals surface area contributed by atoms with Gasteiger partial charge in [-0.2, -0.15) is 0 Å². The predicted octanol–water partition coefficient (Wildman–Crippen LogP) is 30.5. The molecule has 2 unspecified atom stereocenters. The lowest BCUT2D eigenvalue weighted by Crippen LogP contribution is -2.30. The highest BCUT2D eigenvalue weighted by atomic mass is 16.5. The van der Waals surface area contributed by atoms with Gasteiger partial charge in [-0.1, -0.05) is 326 Å². The van der Waals surface area contributed by atoms with Gasteiger partial charge in [0.1, 0.15) is 5.75 Å². The molecule has 0 aliphatic heterocycles. The van der Waals surface area contributed by atoms with Gasteiger partial charge in [-0.25, -0.2) is 0 Å². The minimum atomic E-state index is -0.718. The number of nitrogens with zero attached hydrogens (tertiary/aromatic N) is 2. The number of hydrogen-bond donors (Lipinski definition) is 0. The van der Waals surface area contributed by atoms with E-state index in [-0.39, 0.29) is 10.8 Å². The first-order valence-electron chi connectivity index (χ1n) is 40.1. The number of hydrogen-bond acceptors (Lipinski definition) is 3. The number of benzene rings is 13. The molecule has 548 valence electrons. The van der Waals surface area contributed by atoms with Crippen molar-refractivity contribution in [1.82, 2.24) is 0 Å². The Hall–Kier alpha value is -11.0. The normalized spacial score (nSPS) is 13.5. The molecule has 0 aromatic heterocycles. The monoisotopic (exact) mass is 1420 g/mol. The molecule has 13 aromatic rings. The first kappa shape index (κ1) is 74.8. The van der Waals surface area contributed by atoms with Crippen LogP contribution in [-0.2, 0) is 16.2 Å². The van der Waals surface area contributed by atoms with Crippen LogP contribution in [0.15, 0.2) is 298 Å². The molecule has 0 saturated carbocycles. The molecule has 0 radical (unpaired) electrons. The van der Waals surface area contributed by atoms with E-state index >= 15 is 0 Å². The third kappa shape index (κ3) is 16.0. The molecule has 13 aromatic carbocycles. The molecule has 0 fully saturated rings. The molecule has 2 atom stereocenters. The van der Waals surface area contributed by atoms with Gasteiger partial charge >= 0.3 is 0 Å². The lowest BCUT2D eigenvalue weighted by molar-refractivity contribution is 0.302. The first-order valence-corrected chi connectivity index (χ1v) is 40.1. The van der Waals surface area contributed by atoms with Crippen LogP contribution in [0.1, 0.15) is 187 Å². The number of fused-ring (bicyclic) bond motifs is 3. The number of ether oxygens (including phenoxy) is 1. The average molecular weight is 1430 g/mol. The molecular weight excluding hydrogens is 1320 g/mol. The second-order valence-electron chi connectivity index (χ2n) is 32.7. The summed E-state index contributed by atoms with van der Waals surface area (Å²) in [6.07, 6.45) is 13.1. The van der Waals surface area contributed by atoms with Crippen molar-refractivity contribution in [3.05, 3.63) is 359 Å². The van der Waals surface area contributed by atoms with Crippen LogP contribution < -0.4 is 14.5 Å². The molecular formula is C106H108N2O. The highest BCUT2D eigenvalue weighted by molar-refractivity contribution is 5.92. The molecule has 0 amide bonds. The summed E-state index contributed by atoms with van der Waals surface area (Å²) in [6.45, 7) is 32.0. The molecule has 109 heavy (non-hydrogen) atoms. The Labute approximate surface area is 651 Å². The Bertz CT molecular complexity index is 5260. The van der Waals surface area contributed by atoms with Crippen LogP contribution in [0, 0.1) is 20.8 Å². The number of aryl methyl sites for hydroxylation is 3. The molecule has 1 aliphatic rings. The van der Waals surface area contributed by atoms with Gasteiger partial charge in [-0.3, -0.25) is 0 Å². The third-order valence-electron chi connectivity index (χ3n) is 23.1. The van der Waals surface area contributed by atoms with Crippen molar-refractivity contribution in [1.29, 1.82) is 0 Å². The second kappa shape index (κ2) is 32.4. The smallest absolute Gasteiger partial charge is 0.122 e. The van der Waals surface area contributed by atoms with E-state index < -0.39 is 5.41 Å². The van der Waals surface area contributed by atoms with Gasteiger partial charge in [0.05, 0.1) is 12.0 Å². The standard InChI is InChI=1S/C106H108N2O/c1-14-17-18-19-20-21-22-23-68-109-103-67-52-91(70-76(103)7)106(100-69-73(4)24-25-75(100)6)101-71-87(85-42-61-96(62-43-85)107(92-53-34-78(35-54-92)74(5)15-2)93-57-38-83(39-58-93)80-30-48-89(49-31-80)104(8,9)10)46-65-98(101)99-66-47-88(72-102(99)106)86-44-63-97(64-45-86)108(94-55-36-82(37-56-94)79-28-26-77(16-3)27-29-79)95-59-40-84(41-60-95)81-32-50-90(51-33-81)105(11,12)13/h16,24-67,69-72,74H,3,14-15,17-23,68H2,1-2,4-13H3. The van der Waals surface area contributed by atoms with E-state index in [0.717, 1.165) is 86.1 Å². The van der Waals surface area contributed by atoms with Crippen LogP contribution in [0.25, 0.3) is 72.8 Å². The fourth-order valence-corrected chi connectivity index (χ4v) is 16.3. The van der Waals surface area contributed by atoms with Gasteiger partial charge in [0.2, 0.25) is 0 Å². The Balaban J connectivity index is 0.854. The molecule has 1 aliphatic carbocycles. The fourth-order valence-electron chi connectivity index (χ4n) is 16.3.